The van der Waals surface area contributed by atoms with E-state index in [2.05, 4.69) is 24.3 Å². The van der Waals surface area contributed by atoms with E-state index >= 15 is 0 Å². The Morgan fingerprint density at radius 3 is 2.67 bits per heavy atom. The summed E-state index contributed by atoms with van der Waals surface area (Å²) in [7, 11) is 0. The second-order valence-corrected chi connectivity index (χ2v) is 3.16. The molecule has 0 aromatic heterocycles. The van der Waals surface area contributed by atoms with Crippen LogP contribution < -0.4 is 11.1 Å². The van der Waals surface area contributed by atoms with Crippen molar-refractivity contribution in [1.29, 1.82) is 0 Å². The lowest BCUT2D eigenvalue weighted by Crippen LogP contribution is -2.23. The maximum atomic E-state index is 8.23. The number of rotatable bonds is 6. The molecule has 0 unspecified atom stereocenters. The molecule has 0 radical (unpaired) electrons. The van der Waals surface area contributed by atoms with Crippen molar-refractivity contribution >= 4 is 5.84 Å². The van der Waals surface area contributed by atoms with Crippen LogP contribution in [0.3, 0.4) is 0 Å². The van der Waals surface area contributed by atoms with E-state index in [9.17, 15) is 0 Å². The van der Waals surface area contributed by atoms with Gasteiger partial charge in [0.15, 0.2) is 0 Å². The largest absolute Gasteiger partial charge is 0.409 e. The smallest absolute Gasteiger partial charge is 0.139 e. The van der Waals surface area contributed by atoms with E-state index in [0.29, 0.717) is 18.3 Å². The number of nitrogens with two attached hydrogens (primary N) is 1. The first-order valence-corrected chi connectivity index (χ1v) is 4.36. The van der Waals surface area contributed by atoms with E-state index in [1.807, 2.05) is 0 Å². The SMILES string of the molecule is CC(C)NCCCCC(N)=NO. The number of oxime groups is 1. The van der Waals surface area contributed by atoms with Crippen molar-refractivity contribution in [2.45, 2.75) is 39.2 Å². The van der Waals surface area contributed by atoms with Gasteiger partial charge in [0.2, 0.25) is 0 Å². The molecule has 0 atom stereocenters. The predicted octanol–water partition coefficient (Wildman–Crippen LogP) is 0.901. The lowest BCUT2D eigenvalue weighted by Gasteiger charge is -2.06. The van der Waals surface area contributed by atoms with Crippen LogP contribution in [0.4, 0.5) is 0 Å². The van der Waals surface area contributed by atoms with Crippen molar-refractivity contribution in [2.75, 3.05) is 6.54 Å². The van der Waals surface area contributed by atoms with Crippen molar-refractivity contribution in [1.82, 2.24) is 5.32 Å². The molecular weight excluding hydrogens is 154 g/mol. The van der Waals surface area contributed by atoms with Crippen LogP contribution >= 0.6 is 0 Å². The molecule has 0 aliphatic carbocycles. The van der Waals surface area contributed by atoms with Crippen LogP contribution in [0.25, 0.3) is 0 Å². The van der Waals surface area contributed by atoms with E-state index in [4.69, 9.17) is 10.9 Å². The summed E-state index contributed by atoms with van der Waals surface area (Å²) in [4.78, 5) is 0. The molecule has 0 aromatic carbocycles. The zero-order valence-corrected chi connectivity index (χ0v) is 7.88. The maximum absolute atomic E-state index is 8.23. The van der Waals surface area contributed by atoms with E-state index in [1.54, 1.807) is 0 Å². The molecule has 0 aliphatic rings. The maximum Gasteiger partial charge on any atom is 0.139 e. The van der Waals surface area contributed by atoms with Gasteiger partial charge in [-0.3, -0.25) is 0 Å². The Bertz CT molecular complexity index is 134. The third-order valence-electron chi connectivity index (χ3n) is 1.54. The van der Waals surface area contributed by atoms with Gasteiger partial charge in [-0.05, 0) is 19.4 Å². The molecule has 0 bridgehead atoms. The van der Waals surface area contributed by atoms with Gasteiger partial charge in [-0.2, -0.15) is 0 Å². The van der Waals surface area contributed by atoms with E-state index in [1.165, 1.54) is 0 Å². The first-order valence-electron chi connectivity index (χ1n) is 4.36. The summed E-state index contributed by atoms with van der Waals surface area (Å²) in [5.74, 6) is 0.319. The third-order valence-corrected chi connectivity index (χ3v) is 1.54. The number of nitrogens with one attached hydrogen (secondary N) is 1. The Hall–Kier alpha value is -0.770. The van der Waals surface area contributed by atoms with Gasteiger partial charge < -0.3 is 16.3 Å². The molecule has 0 amide bonds. The minimum Gasteiger partial charge on any atom is -0.409 e. The van der Waals surface area contributed by atoms with Gasteiger partial charge >= 0.3 is 0 Å². The second kappa shape index (κ2) is 6.91. The lowest BCUT2D eigenvalue weighted by molar-refractivity contribution is 0.316. The summed E-state index contributed by atoms with van der Waals surface area (Å²) in [6, 6.07) is 0.536. The van der Waals surface area contributed by atoms with Crippen LogP contribution in [-0.2, 0) is 0 Å². The van der Waals surface area contributed by atoms with Crippen molar-refractivity contribution in [3.05, 3.63) is 0 Å². The number of unbranched alkanes of at least 4 members (excludes halogenated alkanes) is 1. The van der Waals surface area contributed by atoms with Crippen molar-refractivity contribution < 1.29 is 5.21 Å². The summed E-state index contributed by atoms with van der Waals surface area (Å²) >= 11 is 0. The van der Waals surface area contributed by atoms with Gasteiger partial charge in [0.25, 0.3) is 0 Å². The summed E-state index contributed by atoms with van der Waals surface area (Å²) in [5, 5.41) is 14.4. The first kappa shape index (κ1) is 11.2. The molecule has 0 spiro atoms. The van der Waals surface area contributed by atoms with Crippen molar-refractivity contribution in [3.63, 3.8) is 0 Å². The fraction of sp³-hybridized carbons (Fsp3) is 0.875. The molecule has 0 aromatic rings. The zero-order valence-electron chi connectivity index (χ0n) is 7.88. The second-order valence-electron chi connectivity index (χ2n) is 3.16. The van der Waals surface area contributed by atoms with Crippen molar-refractivity contribution in [3.8, 4) is 0 Å². The third kappa shape index (κ3) is 7.34. The standard InChI is InChI=1S/C8H19N3O/c1-7(2)10-6-4-3-5-8(9)11-12/h7,10,12H,3-6H2,1-2H3,(H2,9,11). The van der Waals surface area contributed by atoms with Gasteiger partial charge in [0, 0.05) is 12.5 Å². The molecule has 4 nitrogen and oxygen atoms in total. The Labute approximate surface area is 73.8 Å². The quantitative estimate of drug-likeness (QED) is 0.184. The molecule has 72 valence electrons. The highest BCUT2D eigenvalue weighted by Crippen LogP contribution is 1.94. The van der Waals surface area contributed by atoms with Crippen LogP contribution in [0.5, 0.6) is 0 Å². The highest BCUT2D eigenvalue weighted by molar-refractivity contribution is 5.79. The molecule has 0 heterocycles. The fourth-order valence-corrected chi connectivity index (χ4v) is 0.872. The van der Waals surface area contributed by atoms with E-state index in [0.717, 1.165) is 19.4 Å². The van der Waals surface area contributed by atoms with E-state index in [-0.39, 0.29) is 0 Å². The number of hydrogen-bond donors (Lipinski definition) is 3. The van der Waals surface area contributed by atoms with Gasteiger partial charge in [-0.1, -0.05) is 19.0 Å². The number of amidine groups is 1. The summed E-state index contributed by atoms with van der Waals surface area (Å²) < 4.78 is 0. The number of hydrogen-bond acceptors (Lipinski definition) is 3. The normalized spacial score (nSPS) is 12.4. The van der Waals surface area contributed by atoms with Gasteiger partial charge in [-0.25, -0.2) is 0 Å². The fourth-order valence-electron chi connectivity index (χ4n) is 0.872. The molecule has 0 aliphatic heterocycles. The summed E-state index contributed by atoms with van der Waals surface area (Å²) in [6.07, 6.45) is 2.71. The first-order chi connectivity index (χ1) is 5.66. The molecule has 0 saturated heterocycles. The topological polar surface area (TPSA) is 70.6 Å². The van der Waals surface area contributed by atoms with Crippen LogP contribution in [0.15, 0.2) is 5.16 Å². The summed E-state index contributed by atoms with van der Waals surface area (Å²) in [6.45, 7) is 5.23. The zero-order chi connectivity index (χ0) is 9.40. The molecule has 4 heteroatoms. The monoisotopic (exact) mass is 173 g/mol. The van der Waals surface area contributed by atoms with Gasteiger partial charge in [0.05, 0.1) is 0 Å². The Kier molecular flexibility index (Phi) is 6.47. The molecule has 12 heavy (non-hydrogen) atoms. The van der Waals surface area contributed by atoms with E-state index < -0.39 is 0 Å². The summed E-state index contributed by atoms with van der Waals surface area (Å²) in [5.41, 5.74) is 5.29. The van der Waals surface area contributed by atoms with Crippen LogP contribution in [0, 0.1) is 0 Å². The minimum absolute atomic E-state index is 0.319. The number of nitrogens with zero attached hydrogens (tertiary/aromatic N) is 1. The average molecular weight is 173 g/mol. The van der Waals surface area contributed by atoms with Gasteiger partial charge in [-0.15, -0.1) is 0 Å². The molecule has 4 N–H and O–H groups in total. The van der Waals surface area contributed by atoms with Crippen LogP contribution in [-0.4, -0.2) is 23.6 Å². The lowest BCUT2D eigenvalue weighted by atomic mass is 10.2. The Balaban J connectivity index is 3.11. The molecular formula is C8H19N3O. The van der Waals surface area contributed by atoms with Gasteiger partial charge in [0.1, 0.15) is 5.84 Å². The van der Waals surface area contributed by atoms with Crippen LogP contribution in [0.1, 0.15) is 33.1 Å². The highest BCUT2D eigenvalue weighted by atomic mass is 16.4. The van der Waals surface area contributed by atoms with Crippen LogP contribution in [0.2, 0.25) is 0 Å². The van der Waals surface area contributed by atoms with Crippen molar-refractivity contribution in [2.24, 2.45) is 10.9 Å². The molecule has 0 fully saturated rings. The average Bonchev–Trinajstić information content (AvgIpc) is 2.03. The predicted molar refractivity (Wildman–Crippen MR) is 50.4 cm³/mol. The molecule has 0 saturated carbocycles. The minimum atomic E-state index is 0.319. The Morgan fingerprint density at radius 2 is 2.17 bits per heavy atom. The Morgan fingerprint density at radius 1 is 1.50 bits per heavy atom. The highest BCUT2D eigenvalue weighted by Gasteiger charge is 1.94. The molecule has 0 rings (SSSR count).